The van der Waals surface area contributed by atoms with Crippen LogP contribution in [-0.2, 0) is 4.79 Å². The third-order valence-electron chi connectivity index (χ3n) is 5.18. The summed E-state index contributed by atoms with van der Waals surface area (Å²) in [7, 11) is 0. The topological polar surface area (TPSA) is 37.3 Å². The Morgan fingerprint density at radius 3 is 2.10 bits per heavy atom. The zero-order valence-corrected chi connectivity index (χ0v) is 14.1. The lowest BCUT2D eigenvalue weighted by molar-refractivity contribution is -0.138. The average molecular weight is 296 g/mol. The van der Waals surface area contributed by atoms with Gasteiger partial charge in [0.15, 0.2) is 0 Å². The smallest absolute Gasteiger partial charge is 0.303 e. The molecule has 1 aliphatic rings. The van der Waals surface area contributed by atoms with Crippen LogP contribution in [-0.4, -0.2) is 11.1 Å². The number of unbranched alkanes of at least 4 members (excludes halogenated alkanes) is 7. The summed E-state index contributed by atoms with van der Waals surface area (Å²) in [5.74, 6) is 0.549. The van der Waals surface area contributed by atoms with Gasteiger partial charge in [-0.2, -0.15) is 0 Å². The van der Waals surface area contributed by atoms with Crippen molar-refractivity contribution in [2.24, 2.45) is 11.8 Å². The molecule has 1 fully saturated rings. The zero-order valence-electron chi connectivity index (χ0n) is 14.1. The molecular weight excluding hydrogens is 260 g/mol. The summed E-state index contributed by atoms with van der Waals surface area (Å²) in [5, 5.41) is 9.14. The minimum absolute atomic E-state index is 0.404. The van der Waals surface area contributed by atoms with E-state index in [2.05, 4.69) is 6.92 Å². The molecule has 0 spiro atoms. The fourth-order valence-corrected chi connectivity index (χ4v) is 3.87. The van der Waals surface area contributed by atoms with Gasteiger partial charge in [-0.1, -0.05) is 90.4 Å². The second-order valence-corrected chi connectivity index (χ2v) is 7.02. The molecule has 0 radical (unpaired) electrons. The Balaban J connectivity index is 2.12. The molecule has 0 aromatic rings. The molecule has 0 aromatic carbocycles. The first-order chi connectivity index (χ1) is 10.2. The van der Waals surface area contributed by atoms with Gasteiger partial charge in [0.25, 0.3) is 0 Å². The van der Waals surface area contributed by atoms with Crippen LogP contribution in [0.5, 0.6) is 0 Å². The van der Waals surface area contributed by atoms with Gasteiger partial charge in [0.2, 0.25) is 0 Å². The molecule has 124 valence electrons. The van der Waals surface area contributed by atoms with Crippen LogP contribution in [0.4, 0.5) is 0 Å². The predicted molar refractivity (Wildman–Crippen MR) is 89.5 cm³/mol. The van der Waals surface area contributed by atoms with E-state index >= 15 is 0 Å². The summed E-state index contributed by atoms with van der Waals surface area (Å²) < 4.78 is 0. The molecule has 2 heteroatoms. The molecule has 0 aromatic heterocycles. The highest BCUT2D eigenvalue weighted by atomic mass is 16.4. The van der Waals surface area contributed by atoms with E-state index in [1.165, 1.54) is 83.5 Å². The maximum Gasteiger partial charge on any atom is 0.303 e. The maximum absolute atomic E-state index is 11.1. The summed E-state index contributed by atoms with van der Waals surface area (Å²) in [6, 6.07) is 0. The maximum atomic E-state index is 11.1. The van der Waals surface area contributed by atoms with Gasteiger partial charge in [-0.15, -0.1) is 0 Å². The van der Waals surface area contributed by atoms with E-state index in [1.54, 1.807) is 0 Å². The molecular formula is C19H36O2. The lowest BCUT2D eigenvalue weighted by atomic mass is 9.76. The van der Waals surface area contributed by atoms with Crippen LogP contribution in [0, 0.1) is 11.8 Å². The van der Waals surface area contributed by atoms with Crippen LogP contribution in [0.3, 0.4) is 0 Å². The molecule has 1 aliphatic carbocycles. The second-order valence-electron chi connectivity index (χ2n) is 7.02. The quantitative estimate of drug-likeness (QED) is 0.436. The molecule has 1 unspecified atom stereocenters. The Hall–Kier alpha value is -0.530. The van der Waals surface area contributed by atoms with Crippen molar-refractivity contribution >= 4 is 5.97 Å². The molecule has 1 rings (SSSR count). The van der Waals surface area contributed by atoms with E-state index < -0.39 is 5.97 Å². The minimum Gasteiger partial charge on any atom is -0.481 e. The lowest BCUT2D eigenvalue weighted by Crippen LogP contribution is -2.21. The zero-order chi connectivity index (χ0) is 15.3. The minimum atomic E-state index is -0.592. The van der Waals surface area contributed by atoms with Gasteiger partial charge in [-0.05, 0) is 18.3 Å². The molecule has 0 bridgehead atoms. The van der Waals surface area contributed by atoms with E-state index in [0.29, 0.717) is 18.3 Å². The first-order valence-electron chi connectivity index (χ1n) is 9.45. The highest BCUT2D eigenvalue weighted by Gasteiger charge is 2.25. The SMILES string of the molecule is CCCCCCCCCCC(CC(=O)O)C1CCCCC1. The van der Waals surface area contributed by atoms with Gasteiger partial charge in [0, 0.05) is 6.42 Å². The van der Waals surface area contributed by atoms with Crippen molar-refractivity contribution in [2.75, 3.05) is 0 Å². The highest BCUT2D eigenvalue weighted by molar-refractivity contribution is 5.67. The molecule has 1 saturated carbocycles. The van der Waals surface area contributed by atoms with Crippen molar-refractivity contribution in [3.8, 4) is 0 Å². The number of aliphatic carboxylic acids is 1. The Kier molecular flexibility index (Phi) is 10.6. The predicted octanol–water partition coefficient (Wildman–Crippen LogP) is 6.19. The van der Waals surface area contributed by atoms with Gasteiger partial charge in [-0.25, -0.2) is 0 Å². The van der Waals surface area contributed by atoms with Crippen LogP contribution in [0.1, 0.15) is 103 Å². The summed E-state index contributed by atoms with van der Waals surface area (Å²) in [6.07, 6.45) is 18.8. The molecule has 0 heterocycles. The van der Waals surface area contributed by atoms with Gasteiger partial charge < -0.3 is 5.11 Å². The third kappa shape index (κ3) is 9.16. The Bertz CT molecular complexity index is 256. The fourth-order valence-electron chi connectivity index (χ4n) is 3.87. The largest absolute Gasteiger partial charge is 0.481 e. The lowest BCUT2D eigenvalue weighted by Gasteiger charge is -2.29. The van der Waals surface area contributed by atoms with Crippen molar-refractivity contribution in [3.05, 3.63) is 0 Å². The first-order valence-corrected chi connectivity index (χ1v) is 9.45. The Morgan fingerprint density at radius 2 is 1.52 bits per heavy atom. The number of hydrogen-bond acceptors (Lipinski definition) is 1. The van der Waals surface area contributed by atoms with Crippen LogP contribution >= 0.6 is 0 Å². The first kappa shape index (κ1) is 18.5. The summed E-state index contributed by atoms with van der Waals surface area (Å²) in [6.45, 7) is 2.26. The number of carboxylic acids is 1. The van der Waals surface area contributed by atoms with Crippen molar-refractivity contribution in [1.29, 1.82) is 0 Å². The molecule has 2 nitrogen and oxygen atoms in total. The van der Waals surface area contributed by atoms with Crippen LogP contribution in [0.2, 0.25) is 0 Å². The van der Waals surface area contributed by atoms with Crippen LogP contribution in [0.25, 0.3) is 0 Å². The van der Waals surface area contributed by atoms with Crippen molar-refractivity contribution < 1.29 is 9.90 Å². The van der Waals surface area contributed by atoms with E-state index in [0.717, 1.165) is 6.42 Å². The number of carboxylic acid groups (broad SMARTS) is 1. The Morgan fingerprint density at radius 1 is 0.952 bits per heavy atom. The molecule has 0 aliphatic heterocycles. The second kappa shape index (κ2) is 12.1. The van der Waals surface area contributed by atoms with Crippen molar-refractivity contribution in [1.82, 2.24) is 0 Å². The molecule has 1 atom stereocenters. The van der Waals surface area contributed by atoms with Gasteiger partial charge in [0.1, 0.15) is 0 Å². The molecule has 0 amide bonds. The molecule has 1 N–H and O–H groups in total. The van der Waals surface area contributed by atoms with Gasteiger partial charge >= 0.3 is 5.97 Å². The number of rotatable bonds is 12. The normalized spacial score (nSPS) is 17.8. The van der Waals surface area contributed by atoms with E-state index in [9.17, 15) is 4.79 Å². The Labute approximate surface area is 131 Å². The summed E-state index contributed by atoms with van der Waals surface area (Å²) in [5.41, 5.74) is 0. The van der Waals surface area contributed by atoms with Gasteiger partial charge in [0.05, 0.1) is 0 Å². The fraction of sp³-hybridized carbons (Fsp3) is 0.947. The monoisotopic (exact) mass is 296 g/mol. The summed E-state index contributed by atoms with van der Waals surface area (Å²) in [4.78, 5) is 11.1. The van der Waals surface area contributed by atoms with Crippen molar-refractivity contribution in [2.45, 2.75) is 103 Å². The number of hydrogen-bond donors (Lipinski definition) is 1. The molecule has 0 saturated heterocycles. The van der Waals surface area contributed by atoms with E-state index in [1.807, 2.05) is 0 Å². The summed E-state index contributed by atoms with van der Waals surface area (Å²) >= 11 is 0. The average Bonchev–Trinajstić information content (AvgIpc) is 2.49. The van der Waals surface area contributed by atoms with Gasteiger partial charge in [-0.3, -0.25) is 4.79 Å². The van der Waals surface area contributed by atoms with Crippen LogP contribution in [0.15, 0.2) is 0 Å². The van der Waals surface area contributed by atoms with E-state index in [-0.39, 0.29) is 0 Å². The third-order valence-corrected chi connectivity index (χ3v) is 5.18. The van der Waals surface area contributed by atoms with E-state index in [4.69, 9.17) is 5.11 Å². The molecule has 21 heavy (non-hydrogen) atoms. The van der Waals surface area contributed by atoms with Crippen LogP contribution < -0.4 is 0 Å². The highest BCUT2D eigenvalue weighted by Crippen LogP contribution is 2.34. The standard InChI is InChI=1S/C19H36O2/c1-2-3-4-5-6-7-8-10-15-18(16-19(20)21)17-13-11-9-12-14-17/h17-18H,2-16H2,1H3,(H,20,21). The number of carbonyl (C=O) groups is 1. The van der Waals surface area contributed by atoms with Crippen molar-refractivity contribution in [3.63, 3.8) is 0 Å².